The first-order chi connectivity index (χ1) is 3.13. The Labute approximate surface area is 44.1 Å². The third kappa shape index (κ3) is 5.89. The van der Waals surface area contributed by atoms with Gasteiger partial charge in [0.05, 0.1) is 0 Å². The second-order valence-electron chi connectivity index (χ2n) is 2.04. The largest absolute Gasteiger partial charge is 0.307 e. The molecule has 0 bridgehead atoms. The Morgan fingerprint density at radius 1 is 1.57 bits per heavy atom. The molecule has 0 aliphatic carbocycles. The average Bonchev–Trinajstić information content (AvgIpc) is 1.27. The third-order valence-electron chi connectivity index (χ3n) is 0.617. The molecule has 0 rings (SSSR count). The van der Waals surface area contributed by atoms with E-state index >= 15 is 0 Å². The van der Waals surface area contributed by atoms with Gasteiger partial charge in [-0.1, -0.05) is 0 Å². The zero-order valence-corrected chi connectivity index (χ0v) is 5.11. The van der Waals surface area contributed by atoms with Gasteiger partial charge in [0.15, 0.2) is 0 Å². The lowest BCUT2D eigenvalue weighted by Crippen LogP contribution is -2.19. The van der Waals surface area contributed by atoms with Crippen molar-refractivity contribution >= 4 is 0 Å². The summed E-state index contributed by atoms with van der Waals surface area (Å²) in [6.07, 6.45) is -0.699. The van der Waals surface area contributed by atoms with Crippen LogP contribution in [0.4, 0.5) is 4.39 Å². The normalized spacial score (nSPS) is 15.0. The van der Waals surface area contributed by atoms with Crippen LogP contribution in [0.5, 0.6) is 0 Å². The minimum atomic E-state index is -0.699. The summed E-state index contributed by atoms with van der Waals surface area (Å²) in [4.78, 5) is 1.82. The van der Waals surface area contributed by atoms with Crippen LogP contribution in [0, 0.1) is 0 Å². The zero-order chi connectivity index (χ0) is 5.86. The van der Waals surface area contributed by atoms with Crippen LogP contribution in [0.1, 0.15) is 6.92 Å². The lowest BCUT2D eigenvalue weighted by atomic mass is 10.4. The predicted octanol–water partition coefficient (Wildman–Crippen LogP) is 0.906. The van der Waals surface area contributed by atoms with Gasteiger partial charge in [-0.2, -0.15) is 0 Å². The SMILES string of the molecule is C[C@H](F)CN(C)C. The number of rotatable bonds is 2. The van der Waals surface area contributed by atoms with Gasteiger partial charge in [0, 0.05) is 6.54 Å². The lowest BCUT2D eigenvalue weighted by Gasteiger charge is -2.08. The van der Waals surface area contributed by atoms with Crippen LogP contribution >= 0.6 is 0 Å². The molecule has 0 aromatic carbocycles. The topological polar surface area (TPSA) is 3.24 Å². The third-order valence-corrected chi connectivity index (χ3v) is 0.617. The van der Waals surface area contributed by atoms with Crippen molar-refractivity contribution in [3.8, 4) is 0 Å². The van der Waals surface area contributed by atoms with Crippen LogP contribution in [0.3, 0.4) is 0 Å². The minimum absolute atomic E-state index is 0.528. The Kier molecular flexibility index (Phi) is 2.92. The van der Waals surface area contributed by atoms with Gasteiger partial charge in [-0.15, -0.1) is 0 Å². The average molecular weight is 105 g/mol. The van der Waals surface area contributed by atoms with Crippen LogP contribution in [-0.4, -0.2) is 31.7 Å². The maximum absolute atomic E-state index is 11.9. The first-order valence-electron chi connectivity index (χ1n) is 2.41. The van der Waals surface area contributed by atoms with Crippen LogP contribution < -0.4 is 0 Å². The molecule has 0 aromatic heterocycles. The van der Waals surface area contributed by atoms with Crippen LogP contribution in [0.2, 0.25) is 0 Å². The summed E-state index contributed by atoms with van der Waals surface area (Å²) in [7, 11) is 3.71. The van der Waals surface area contributed by atoms with Gasteiger partial charge in [-0.3, -0.25) is 0 Å². The molecule has 0 heterocycles. The van der Waals surface area contributed by atoms with E-state index in [2.05, 4.69) is 0 Å². The summed E-state index contributed by atoms with van der Waals surface area (Å²) in [5.74, 6) is 0. The van der Waals surface area contributed by atoms with Crippen molar-refractivity contribution in [3.05, 3.63) is 0 Å². The molecule has 0 aliphatic rings. The van der Waals surface area contributed by atoms with Crippen molar-refractivity contribution in [2.75, 3.05) is 20.6 Å². The predicted molar refractivity (Wildman–Crippen MR) is 29.1 cm³/mol. The van der Waals surface area contributed by atoms with E-state index in [9.17, 15) is 4.39 Å². The molecule has 0 saturated carbocycles. The second-order valence-corrected chi connectivity index (χ2v) is 2.04. The summed E-state index contributed by atoms with van der Waals surface area (Å²) in [5.41, 5.74) is 0. The molecule has 7 heavy (non-hydrogen) atoms. The van der Waals surface area contributed by atoms with E-state index in [1.165, 1.54) is 0 Å². The fourth-order valence-electron chi connectivity index (χ4n) is 0.503. The fourth-order valence-corrected chi connectivity index (χ4v) is 0.503. The first-order valence-corrected chi connectivity index (χ1v) is 2.41. The second kappa shape index (κ2) is 2.97. The Balaban J connectivity index is 2.95. The first kappa shape index (κ1) is 6.89. The molecule has 0 spiro atoms. The molecule has 0 radical (unpaired) electrons. The van der Waals surface area contributed by atoms with Crippen molar-refractivity contribution in [2.45, 2.75) is 13.1 Å². The molecule has 0 aliphatic heterocycles. The van der Waals surface area contributed by atoms with E-state index in [1.807, 2.05) is 19.0 Å². The van der Waals surface area contributed by atoms with Crippen LogP contribution in [-0.2, 0) is 0 Å². The zero-order valence-electron chi connectivity index (χ0n) is 5.11. The molecular weight excluding hydrogens is 93.1 g/mol. The highest BCUT2D eigenvalue weighted by Gasteiger charge is 1.96. The van der Waals surface area contributed by atoms with E-state index in [0.717, 1.165) is 0 Å². The molecule has 1 nitrogen and oxygen atoms in total. The molecule has 0 amide bonds. The van der Waals surface area contributed by atoms with E-state index in [0.29, 0.717) is 6.54 Å². The summed E-state index contributed by atoms with van der Waals surface area (Å²) in [6.45, 7) is 2.08. The molecule has 44 valence electrons. The van der Waals surface area contributed by atoms with Crippen LogP contribution in [0.15, 0.2) is 0 Å². The molecular formula is C5H12FN. The summed E-state index contributed by atoms with van der Waals surface area (Å²) in [5, 5.41) is 0. The van der Waals surface area contributed by atoms with E-state index in [1.54, 1.807) is 6.92 Å². The smallest absolute Gasteiger partial charge is 0.110 e. The van der Waals surface area contributed by atoms with Crippen molar-refractivity contribution < 1.29 is 4.39 Å². The Morgan fingerprint density at radius 2 is 2.00 bits per heavy atom. The quantitative estimate of drug-likeness (QED) is 0.504. The molecule has 0 fully saturated rings. The van der Waals surface area contributed by atoms with Crippen molar-refractivity contribution in [1.29, 1.82) is 0 Å². The van der Waals surface area contributed by atoms with Gasteiger partial charge in [-0.25, -0.2) is 4.39 Å². The van der Waals surface area contributed by atoms with E-state index in [4.69, 9.17) is 0 Å². The molecule has 0 unspecified atom stereocenters. The van der Waals surface area contributed by atoms with Gasteiger partial charge < -0.3 is 4.90 Å². The number of hydrogen-bond acceptors (Lipinski definition) is 1. The molecule has 0 saturated heterocycles. The van der Waals surface area contributed by atoms with Crippen LogP contribution in [0.25, 0.3) is 0 Å². The molecule has 1 atom stereocenters. The highest BCUT2D eigenvalue weighted by atomic mass is 19.1. The lowest BCUT2D eigenvalue weighted by molar-refractivity contribution is 0.265. The highest BCUT2D eigenvalue weighted by molar-refractivity contribution is 4.48. The molecule has 0 aromatic rings. The maximum Gasteiger partial charge on any atom is 0.110 e. The number of hydrogen-bond donors (Lipinski definition) is 0. The summed E-state index contributed by atoms with van der Waals surface area (Å²) in [6, 6.07) is 0. The molecule has 2 heteroatoms. The standard InChI is InChI=1S/C5H12FN/c1-5(6)4-7(2)3/h5H,4H2,1-3H3/t5-/m0/s1. The monoisotopic (exact) mass is 105 g/mol. The summed E-state index contributed by atoms with van der Waals surface area (Å²) >= 11 is 0. The number of nitrogens with zero attached hydrogens (tertiary/aromatic N) is 1. The number of alkyl halides is 1. The Bertz CT molecular complexity index is 37.3. The minimum Gasteiger partial charge on any atom is -0.307 e. The number of halogens is 1. The van der Waals surface area contributed by atoms with E-state index < -0.39 is 6.17 Å². The van der Waals surface area contributed by atoms with Gasteiger partial charge in [0.1, 0.15) is 6.17 Å². The van der Waals surface area contributed by atoms with Crippen molar-refractivity contribution in [2.24, 2.45) is 0 Å². The van der Waals surface area contributed by atoms with Crippen molar-refractivity contribution in [1.82, 2.24) is 4.90 Å². The van der Waals surface area contributed by atoms with Gasteiger partial charge in [0.25, 0.3) is 0 Å². The van der Waals surface area contributed by atoms with Gasteiger partial charge in [-0.05, 0) is 21.0 Å². The Morgan fingerprint density at radius 3 is 2.00 bits per heavy atom. The van der Waals surface area contributed by atoms with Gasteiger partial charge in [0.2, 0.25) is 0 Å². The van der Waals surface area contributed by atoms with E-state index in [-0.39, 0.29) is 0 Å². The Hall–Kier alpha value is -0.110. The summed E-state index contributed by atoms with van der Waals surface area (Å²) < 4.78 is 11.9. The van der Waals surface area contributed by atoms with Gasteiger partial charge >= 0.3 is 0 Å². The highest BCUT2D eigenvalue weighted by Crippen LogP contribution is 1.87. The molecule has 0 N–H and O–H groups in total. The fraction of sp³-hybridized carbons (Fsp3) is 1.00. The van der Waals surface area contributed by atoms with Crippen molar-refractivity contribution in [3.63, 3.8) is 0 Å². The maximum atomic E-state index is 11.9.